The Morgan fingerprint density at radius 2 is 1.96 bits per heavy atom. The molecule has 1 heterocycles. The minimum absolute atomic E-state index is 0.0106. The minimum atomic E-state index is -0.770. The zero-order chi connectivity index (χ0) is 20.0. The number of hydrogen-bond donors (Lipinski definition) is 3. The number of amides is 2. The number of phenolic OH excluding ortho intramolecular Hbond substituents is 1. The van der Waals surface area contributed by atoms with Crippen molar-refractivity contribution >= 4 is 17.7 Å². The first-order valence-electron chi connectivity index (χ1n) is 9.39. The van der Waals surface area contributed by atoms with Crippen molar-refractivity contribution in [2.45, 2.75) is 58.6 Å². The van der Waals surface area contributed by atoms with Crippen molar-refractivity contribution < 1.29 is 24.2 Å². The SMILES string of the molecule is CCc1ccc(O)c(NC(=O)[C@@H](NC(=O)OC(C)(C)C)C2CCOCC2)c1. The Balaban J connectivity index is 2.16. The summed E-state index contributed by atoms with van der Waals surface area (Å²) in [6.07, 6.45) is 1.47. The van der Waals surface area contributed by atoms with E-state index in [1.807, 2.05) is 6.92 Å². The summed E-state index contributed by atoms with van der Waals surface area (Å²) in [4.78, 5) is 25.2. The van der Waals surface area contributed by atoms with Gasteiger partial charge in [-0.2, -0.15) is 0 Å². The van der Waals surface area contributed by atoms with E-state index < -0.39 is 17.7 Å². The highest BCUT2D eigenvalue weighted by Crippen LogP contribution is 2.26. The lowest BCUT2D eigenvalue weighted by Crippen LogP contribution is -2.51. The number of carbonyl (C=O) groups excluding carboxylic acids is 2. The van der Waals surface area contributed by atoms with E-state index in [-0.39, 0.29) is 17.6 Å². The molecule has 1 fully saturated rings. The minimum Gasteiger partial charge on any atom is -0.506 e. The van der Waals surface area contributed by atoms with E-state index in [4.69, 9.17) is 9.47 Å². The Hall–Kier alpha value is -2.28. The molecule has 0 bridgehead atoms. The van der Waals surface area contributed by atoms with Gasteiger partial charge in [-0.1, -0.05) is 13.0 Å². The molecule has 7 nitrogen and oxygen atoms in total. The number of aryl methyl sites for hydroxylation is 1. The number of aromatic hydroxyl groups is 1. The molecule has 7 heteroatoms. The molecule has 1 aromatic carbocycles. The number of alkyl carbamates (subject to hydrolysis) is 1. The number of anilines is 1. The fraction of sp³-hybridized carbons (Fsp3) is 0.600. The van der Waals surface area contributed by atoms with Gasteiger partial charge in [0.25, 0.3) is 0 Å². The summed E-state index contributed by atoms with van der Waals surface area (Å²) >= 11 is 0. The van der Waals surface area contributed by atoms with Gasteiger partial charge in [0.1, 0.15) is 17.4 Å². The van der Waals surface area contributed by atoms with Gasteiger partial charge in [-0.3, -0.25) is 4.79 Å². The van der Waals surface area contributed by atoms with E-state index in [2.05, 4.69) is 10.6 Å². The number of hydrogen-bond acceptors (Lipinski definition) is 5. The van der Waals surface area contributed by atoms with Crippen LogP contribution in [0.3, 0.4) is 0 Å². The topological polar surface area (TPSA) is 96.9 Å². The second kappa shape index (κ2) is 9.08. The molecule has 0 saturated carbocycles. The fourth-order valence-electron chi connectivity index (χ4n) is 2.99. The van der Waals surface area contributed by atoms with E-state index >= 15 is 0 Å². The van der Waals surface area contributed by atoms with E-state index in [0.717, 1.165) is 12.0 Å². The predicted molar refractivity (Wildman–Crippen MR) is 103 cm³/mol. The van der Waals surface area contributed by atoms with Crippen molar-refractivity contribution in [2.75, 3.05) is 18.5 Å². The largest absolute Gasteiger partial charge is 0.506 e. The standard InChI is InChI=1S/C20H30N2O5/c1-5-13-6-7-16(23)15(12-13)21-18(24)17(14-8-10-26-11-9-14)22-19(25)27-20(2,3)4/h6-7,12,14,17,23H,5,8-11H2,1-4H3,(H,21,24)(H,22,25)/t17-/m0/s1. The average molecular weight is 378 g/mol. The Morgan fingerprint density at radius 3 is 2.56 bits per heavy atom. The average Bonchev–Trinajstić information content (AvgIpc) is 2.60. The summed E-state index contributed by atoms with van der Waals surface area (Å²) in [6, 6.07) is 4.33. The first kappa shape index (κ1) is 21.0. The number of ether oxygens (including phenoxy) is 2. The summed E-state index contributed by atoms with van der Waals surface area (Å²) in [5.74, 6) is -0.456. The lowest BCUT2D eigenvalue weighted by Gasteiger charge is -2.31. The molecule has 150 valence electrons. The Bertz CT molecular complexity index is 663. The second-order valence-corrected chi connectivity index (χ2v) is 7.77. The molecular weight excluding hydrogens is 348 g/mol. The van der Waals surface area contributed by atoms with E-state index in [1.54, 1.807) is 39.0 Å². The molecule has 0 aliphatic carbocycles. The van der Waals surface area contributed by atoms with Crippen LogP contribution >= 0.6 is 0 Å². The monoisotopic (exact) mass is 378 g/mol. The zero-order valence-electron chi connectivity index (χ0n) is 16.5. The van der Waals surface area contributed by atoms with Crippen LogP contribution in [0.1, 0.15) is 46.1 Å². The highest BCUT2D eigenvalue weighted by atomic mass is 16.6. The van der Waals surface area contributed by atoms with Gasteiger partial charge in [-0.25, -0.2) is 4.79 Å². The van der Waals surface area contributed by atoms with Crippen LogP contribution < -0.4 is 10.6 Å². The molecule has 0 unspecified atom stereocenters. The third kappa shape index (κ3) is 6.43. The fourth-order valence-corrected chi connectivity index (χ4v) is 2.99. The molecule has 1 saturated heterocycles. The van der Waals surface area contributed by atoms with E-state index in [9.17, 15) is 14.7 Å². The smallest absolute Gasteiger partial charge is 0.408 e. The van der Waals surface area contributed by atoms with Crippen molar-refractivity contribution in [3.05, 3.63) is 23.8 Å². The maximum absolute atomic E-state index is 12.9. The third-order valence-corrected chi connectivity index (χ3v) is 4.42. The molecule has 0 aromatic heterocycles. The van der Waals surface area contributed by atoms with Crippen molar-refractivity contribution in [2.24, 2.45) is 5.92 Å². The first-order chi connectivity index (χ1) is 12.7. The molecule has 2 rings (SSSR count). The predicted octanol–water partition coefficient (Wildman–Crippen LogP) is 3.21. The Morgan fingerprint density at radius 1 is 1.30 bits per heavy atom. The van der Waals surface area contributed by atoms with Gasteiger partial charge >= 0.3 is 6.09 Å². The maximum atomic E-state index is 12.9. The van der Waals surface area contributed by atoms with Crippen LogP contribution in [-0.2, 0) is 20.7 Å². The van der Waals surface area contributed by atoms with Gasteiger partial charge in [0, 0.05) is 13.2 Å². The lowest BCUT2D eigenvalue weighted by atomic mass is 9.91. The van der Waals surface area contributed by atoms with Crippen LogP contribution in [0.4, 0.5) is 10.5 Å². The van der Waals surface area contributed by atoms with Crippen LogP contribution in [0.15, 0.2) is 18.2 Å². The molecule has 1 aliphatic rings. The molecule has 3 N–H and O–H groups in total. The Labute approximate surface area is 160 Å². The first-order valence-corrected chi connectivity index (χ1v) is 9.39. The van der Waals surface area contributed by atoms with E-state index in [1.165, 1.54) is 0 Å². The molecule has 1 atom stereocenters. The van der Waals surface area contributed by atoms with Crippen LogP contribution in [0.2, 0.25) is 0 Å². The number of rotatable bonds is 5. The summed E-state index contributed by atoms with van der Waals surface area (Å²) in [5.41, 5.74) is 0.669. The molecule has 2 amide bonds. The third-order valence-electron chi connectivity index (χ3n) is 4.42. The van der Waals surface area contributed by atoms with Gasteiger partial charge in [-0.05, 0) is 63.6 Å². The molecular formula is C20H30N2O5. The molecule has 1 aliphatic heterocycles. The van der Waals surface area contributed by atoms with Crippen molar-refractivity contribution in [3.8, 4) is 5.75 Å². The summed E-state index contributed by atoms with van der Waals surface area (Å²) in [7, 11) is 0. The summed E-state index contributed by atoms with van der Waals surface area (Å²) in [5, 5.41) is 15.5. The molecule has 27 heavy (non-hydrogen) atoms. The lowest BCUT2D eigenvalue weighted by molar-refractivity contribution is -0.120. The maximum Gasteiger partial charge on any atom is 0.408 e. The number of phenols is 1. The molecule has 0 spiro atoms. The van der Waals surface area contributed by atoms with Crippen LogP contribution in [0.5, 0.6) is 5.75 Å². The van der Waals surface area contributed by atoms with E-state index in [0.29, 0.717) is 31.7 Å². The Kier molecular flexibility index (Phi) is 7.07. The van der Waals surface area contributed by atoms with Gasteiger partial charge in [0.2, 0.25) is 5.91 Å². The van der Waals surface area contributed by atoms with Crippen LogP contribution in [0.25, 0.3) is 0 Å². The van der Waals surface area contributed by atoms with Crippen molar-refractivity contribution in [1.29, 1.82) is 0 Å². The van der Waals surface area contributed by atoms with Gasteiger partial charge < -0.3 is 25.2 Å². The summed E-state index contributed by atoms with van der Waals surface area (Å²) in [6.45, 7) is 8.38. The van der Waals surface area contributed by atoms with Crippen LogP contribution in [0, 0.1) is 5.92 Å². The molecule has 0 radical (unpaired) electrons. The number of nitrogens with one attached hydrogen (secondary N) is 2. The number of carbonyl (C=O) groups is 2. The van der Waals surface area contributed by atoms with Crippen molar-refractivity contribution in [1.82, 2.24) is 5.32 Å². The van der Waals surface area contributed by atoms with Gasteiger partial charge in [0.05, 0.1) is 5.69 Å². The molecule has 1 aromatic rings. The highest BCUT2D eigenvalue weighted by molar-refractivity contribution is 5.98. The quantitative estimate of drug-likeness (QED) is 0.684. The number of benzene rings is 1. The second-order valence-electron chi connectivity index (χ2n) is 7.77. The summed E-state index contributed by atoms with van der Waals surface area (Å²) < 4.78 is 10.7. The zero-order valence-corrected chi connectivity index (χ0v) is 16.5. The van der Waals surface area contributed by atoms with Crippen LogP contribution in [-0.4, -0.2) is 42.0 Å². The normalized spacial score (nSPS) is 16.4. The van der Waals surface area contributed by atoms with Gasteiger partial charge in [0.15, 0.2) is 0 Å². The van der Waals surface area contributed by atoms with Gasteiger partial charge in [-0.15, -0.1) is 0 Å². The highest BCUT2D eigenvalue weighted by Gasteiger charge is 2.33. The van der Waals surface area contributed by atoms with Crippen molar-refractivity contribution in [3.63, 3.8) is 0 Å².